The van der Waals surface area contributed by atoms with Crippen molar-refractivity contribution >= 4 is 28.6 Å². The second-order valence-corrected chi connectivity index (χ2v) is 6.59. The second kappa shape index (κ2) is 5.29. The predicted octanol–water partition coefficient (Wildman–Crippen LogP) is 3.71. The van der Waals surface area contributed by atoms with Gasteiger partial charge in [0.2, 0.25) is 0 Å². The number of rotatable bonds is 2. The number of nitrogen functional groups attached to an aromatic ring is 1. The fraction of sp³-hybridized carbons (Fsp3) is 0.312. The molecule has 4 heteroatoms. The number of aryl methyl sites for hydroxylation is 1. The van der Waals surface area contributed by atoms with Crippen LogP contribution < -0.4 is 11.1 Å². The molecule has 0 bridgehead atoms. The normalized spacial score (nSPS) is 17.6. The third kappa shape index (κ3) is 2.56. The van der Waals surface area contributed by atoms with Gasteiger partial charge in [-0.05, 0) is 48.9 Å². The molecule has 3 N–H and O–H groups in total. The average molecular weight is 286 g/mol. The van der Waals surface area contributed by atoms with Crippen molar-refractivity contribution in [3.63, 3.8) is 0 Å². The molecule has 1 heterocycles. The molecule has 1 aliphatic rings. The van der Waals surface area contributed by atoms with Gasteiger partial charge in [0.1, 0.15) is 0 Å². The molecule has 1 aliphatic carbocycles. The van der Waals surface area contributed by atoms with Crippen LogP contribution in [0.15, 0.2) is 30.3 Å². The zero-order valence-electron chi connectivity index (χ0n) is 11.5. The number of para-hydroxylation sites is 2. The van der Waals surface area contributed by atoms with Crippen LogP contribution in [0, 0.1) is 5.92 Å². The maximum Gasteiger partial charge on any atom is 0.265 e. The van der Waals surface area contributed by atoms with E-state index in [1.54, 1.807) is 17.4 Å². The van der Waals surface area contributed by atoms with Crippen molar-refractivity contribution in [2.24, 2.45) is 5.92 Å². The van der Waals surface area contributed by atoms with Crippen LogP contribution in [0.25, 0.3) is 0 Å². The topological polar surface area (TPSA) is 55.1 Å². The Morgan fingerprint density at radius 3 is 3.00 bits per heavy atom. The number of benzene rings is 1. The highest BCUT2D eigenvalue weighted by Crippen LogP contribution is 2.32. The molecule has 1 unspecified atom stereocenters. The lowest BCUT2D eigenvalue weighted by molar-refractivity contribution is 0.103. The molecule has 2 aromatic rings. The van der Waals surface area contributed by atoms with Gasteiger partial charge in [-0.2, -0.15) is 0 Å². The van der Waals surface area contributed by atoms with Gasteiger partial charge in [0.15, 0.2) is 0 Å². The molecule has 20 heavy (non-hydrogen) atoms. The zero-order valence-corrected chi connectivity index (χ0v) is 12.3. The third-order valence-electron chi connectivity index (χ3n) is 3.76. The van der Waals surface area contributed by atoms with E-state index in [0.29, 0.717) is 11.4 Å². The minimum Gasteiger partial charge on any atom is -0.397 e. The fourth-order valence-corrected chi connectivity index (χ4v) is 3.72. The standard InChI is InChI=1S/C16H18N2OS/c1-10-6-7-14-11(8-10)9-15(20-14)16(19)18-13-5-3-2-4-12(13)17/h2-5,9-10H,6-8,17H2,1H3,(H,18,19). The Morgan fingerprint density at radius 1 is 1.40 bits per heavy atom. The highest BCUT2D eigenvalue weighted by molar-refractivity contribution is 7.14. The molecule has 1 aromatic carbocycles. The predicted molar refractivity (Wildman–Crippen MR) is 84.3 cm³/mol. The summed E-state index contributed by atoms with van der Waals surface area (Å²) in [5.74, 6) is 0.660. The van der Waals surface area contributed by atoms with Crippen molar-refractivity contribution in [1.82, 2.24) is 0 Å². The summed E-state index contributed by atoms with van der Waals surface area (Å²) in [5.41, 5.74) is 8.47. The van der Waals surface area contributed by atoms with Crippen LogP contribution >= 0.6 is 11.3 Å². The summed E-state index contributed by atoms with van der Waals surface area (Å²) in [4.78, 5) is 14.5. The Bertz CT molecular complexity index is 648. The third-order valence-corrected chi connectivity index (χ3v) is 5.00. The number of carbonyl (C=O) groups is 1. The van der Waals surface area contributed by atoms with E-state index in [9.17, 15) is 4.79 Å². The number of hydrogen-bond donors (Lipinski definition) is 2. The summed E-state index contributed by atoms with van der Waals surface area (Å²) in [5, 5.41) is 2.89. The highest BCUT2D eigenvalue weighted by Gasteiger charge is 2.20. The molecule has 0 saturated heterocycles. The number of carbonyl (C=O) groups excluding carboxylic acids is 1. The van der Waals surface area contributed by atoms with E-state index in [4.69, 9.17) is 5.73 Å². The first kappa shape index (κ1) is 13.2. The van der Waals surface area contributed by atoms with Crippen LogP contribution in [-0.2, 0) is 12.8 Å². The van der Waals surface area contributed by atoms with Gasteiger partial charge in [0, 0.05) is 4.88 Å². The number of anilines is 2. The van der Waals surface area contributed by atoms with E-state index in [0.717, 1.165) is 23.6 Å². The van der Waals surface area contributed by atoms with Crippen molar-refractivity contribution in [2.45, 2.75) is 26.2 Å². The van der Waals surface area contributed by atoms with Gasteiger partial charge in [-0.25, -0.2) is 0 Å². The van der Waals surface area contributed by atoms with Gasteiger partial charge in [-0.15, -0.1) is 11.3 Å². The molecule has 1 aromatic heterocycles. The quantitative estimate of drug-likeness (QED) is 0.827. The molecule has 0 radical (unpaired) electrons. The Kier molecular flexibility index (Phi) is 3.49. The van der Waals surface area contributed by atoms with Crippen LogP contribution in [0.4, 0.5) is 11.4 Å². The largest absolute Gasteiger partial charge is 0.397 e. The van der Waals surface area contributed by atoms with E-state index < -0.39 is 0 Å². The van der Waals surface area contributed by atoms with Gasteiger partial charge in [-0.3, -0.25) is 4.79 Å². The van der Waals surface area contributed by atoms with E-state index in [1.165, 1.54) is 16.9 Å². The monoisotopic (exact) mass is 286 g/mol. The molecular weight excluding hydrogens is 268 g/mol. The first-order chi connectivity index (χ1) is 9.63. The number of hydrogen-bond acceptors (Lipinski definition) is 3. The lowest BCUT2D eigenvalue weighted by Gasteiger charge is -2.16. The van der Waals surface area contributed by atoms with Crippen molar-refractivity contribution in [1.29, 1.82) is 0 Å². The first-order valence-corrected chi connectivity index (χ1v) is 7.72. The number of fused-ring (bicyclic) bond motifs is 1. The SMILES string of the molecule is CC1CCc2sc(C(=O)Nc3ccccc3N)cc2C1. The lowest BCUT2D eigenvalue weighted by atomic mass is 9.90. The fourth-order valence-electron chi connectivity index (χ4n) is 2.61. The summed E-state index contributed by atoms with van der Waals surface area (Å²) in [6.45, 7) is 2.27. The van der Waals surface area contributed by atoms with E-state index in [-0.39, 0.29) is 5.91 Å². The molecule has 104 valence electrons. The molecule has 3 nitrogen and oxygen atoms in total. The lowest BCUT2D eigenvalue weighted by Crippen LogP contribution is -2.11. The van der Waals surface area contributed by atoms with Crippen LogP contribution in [0.5, 0.6) is 0 Å². The Morgan fingerprint density at radius 2 is 2.20 bits per heavy atom. The number of thiophene rings is 1. The molecule has 0 fully saturated rings. The van der Waals surface area contributed by atoms with Gasteiger partial charge >= 0.3 is 0 Å². The minimum absolute atomic E-state index is 0.0602. The summed E-state index contributed by atoms with van der Waals surface area (Å²) in [6.07, 6.45) is 3.41. The molecular formula is C16H18N2OS. The Balaban J connectivity index is 1.80. The summed E-state index contributed by atoms with van der Waals surface area (Å²) in [7, 11) is 0. The maximum absolute atomic E-state index is 12.3. The van der Waals surface area contributed by atoms with Crippen molar-refractivity contribution in [2.75, 3.05) is 11.1 Å². The number of nitrogens with two attached hydrogens (primary N) is 1. The molecule has 1 amide bonds. The van der Waals surface area contributed by atoms with Gasteiger partial charge in [0.25, 0.3) is 5.91 Å². The van der Waals surface area contributed by atoms with Crippen molar-refractivity contribution < 1.29 is 4.79 Å². The molecule has 3 rings (SSSR count). The summed E-state index contributed by atoms with van der Waals surface area (Å²) < 4.78 is 0. The van der Waals surface area contributed by atoms with Crippen molar-refractivity contribution in [3.05, 3.63) is 45.6 Å². The van der Waals surface area contributed by atoms with E-state index >= 15 is 0 Å². The summed E-state index contributed by atoms with van der Waals surface area (Å²) >= 11 is 1.62. The van der Waals surface area contributed by atoms with Gasteiger partial charge in [0.05, 0.1) is 16.3 Å². The first-order valence-electron chi connectivity index (χ1n) is 6.91. The van der Waals surface area contributed by atoms with Crippen LogP contribution in [-0.4, -0.2) is 5.91 Å². The Hall–Kier alpha value is -1.81. The average Bonchev–Trinajstić information content (AvgIpc) is 2.84. The molecule has 0 spiro atoms. The number of nitrogens with one attached hydrogen (secondary N) is 1. The maximum atomic E-state index is 12.3. The smallest absolute Gasteiger partial charge is 0.265 e. The van der Waals surface area contributed by atoms with Gasteiger partial charge < -0.3 is 11.1 Å². The van der Waals surface area contributed by atoms with Crippen molar-refractivity contribution in [3.8, 4) is 0 Å². The molecule has 1 atom stereocenters. The highest BCUT2D eigenvalue weighted by atomic mass is 32.1. The van der Waals surface area contributed by atoms with E-state index in [1.807, 2.05) is 24.3 Å². The van der Waals surface area contributed by atoms with E-state index in [2.05, 4.69) is 12.2 Å². The molecule has 0 aliphatic heterocycles. The molecule has 0 saturated carbocycles. The van der Waals surface area contributed by atoms with Gasteiger partial charge in [-0.1, -0.05) is 19.1 Å². The van der Waals surface area contributed by atoms with Crippen LogP contribution in [0.3, 0.4) is 0 Å². The Labute approximate surface area is 122 Å². The number of amides is 1. The second-order valence-electron chi connectivity index (χ2n) is 5.45. The minimum atomic E-state index is -0.0602. The summed E-state index contributed by atoms with van der Waals surface area (Å²) in [6, 6.07) is 9.38. The van der Waals surface area contributed by atoms with Crippen LogP contribution in [0.2, 0.25) is 0 Å². The zero-order chi connectivity index (χ0) is 14.1. The van der Waals surface area contributed by atoms with Crippen LogP contribution in [0.1, 0.15) is 33.5 Å².